The predicted octanol–water partition coefficient (Wildman–Crippen LogP) is 0.804. The van der Waals surface area contributed by atoms with Crippen molar-refractivity contribution >= 4 is 11.7 Å². The van der Waals surface area contributed by atoms with Crippen LogP contribution in [0.3, 0.4) is 0 Å². The van der Waals surface area contributed by atoms with E-state index in [1.54, 1.807) is 12.1 Å². The molecule has 0 saturated carbocycles. The van der Waals surface area contributed by atoms with Crippen LogP contribution >= 0.6 is 0 Å². The largest absolute Gasteiger partial charge is 0.476 e. The molecule has 0 aromatic carbocycles. The molecule has 100 valence electrons. The van der Waals surface area contributed by atoms with Gasteiger partial charge >= 0.3 is 11.7 Å². The average molecular weight is 273 g/mol. The normalized spacial score (nSPS) is 9.95. The van der Waals surface area contributed by atoms with E-state index in [0.717, 1.165) is 10.9 Å². The molecular formula is C11H7N5O4. The van der Waals surface area contributed by atoms with Gasteiger partial charge in [0.15, 0.2) is 0 Å². The Labute approximate surface area is 111 Å². The van der Waals surface area contributed by atoms with Crippen molar-refractivity contribution in [1.29, 1.82) is 5.26 Å². The molecule has 0 aliphatic heterocycles. The fraction of sp³-hybridized carbons (Fsp3) is 0.0909. The zero-order valence-corrected chi connectivity index (χ0v) is 9.92. The molecule has 2 aromatic rings. The van der Waals surface area contributed by atoms with E-state index >= 15 is 0 Å². The number of hydrogen-bond donors (Lipinski definition) is 1. The van der Waals surface area contributed by atoms with E-state index in [9.17, 15) is 14.9 Å². The minimum absolute atomic E-state index is 0.0187. The topological polar surface area (TPSA) is 135 Å². The van der Waals surface area contributed by atoms with Crippen LogP contribution in [0.15, 0.2) is 24.5 Å². The van der Waals surface area contributed by atoms with Crippen LogP contribution in [0.4, 0.5) is 5.69 Å². The number of hydrogen-bond acceptors (Lipinski definition) is 6. The van der Waals surface area contributed by atoms with Crippen LogP contribution in [0.1, 0.15) is 21.7 Å². The fourth-order valence-corrected chi connectivity index (χ4v) is 1.62. The quantitative estimate of drug-likeness (QED) is 0.642. The lowest BCUT2D eigenvalue weighted by Gasteiger charge is -2.02. The molecule has 0 spiro atoms. The van der Waals surface area contributed by atoms with Gasteiger partial charge in [-0.3, -0.25) is 14.8 Å². The first-order chi connectivity index (χ1) is 9.52. The second-order valence-corrected chi connectivity index (χ2v) is 3.75. The number of nitro groups is 1. The van der Waals surface area contributed by atoms with Gasteiger partial charge in [0.05, 0.1) is 11.5 Å². The van der Waals surface area contributed by atoms with Gasteiger partial charge in [0.1, 0.15) is 18.0 Å². The molecule has 20 heavy (non-hydrogen) atoms. The van der Waals surface area contributed by atoms with Crippen molar-refractivity contribution in [1.82, 2.24) is 14.8 Å². The molecule has 0 bridgehead atoms. The Morgan fingerprint density at radius 2 is 2.35 bits per heavy atom. The van der Waals surface area contributed by atoms with E-state index in [2.05, 4.69) is 10.1 Å². The number of nitriles is 1. The molecule has 0 fully saturated rings. The third-order valence-corrected chi connectivity index (χ3v) is 2.47. The maximum atomic E-state index is 10.9. The van der Waals surface area contributed by atoms with Crippen LogP contribution in [-0.4, -0.2) is 30.8 Å². The Hall–Kier alpha value is -3.28. The fourth-order valence-electron chi connectivity index (χ4n) is 1.62. The monoisotopic (exact) mass is 273 g/mol. The first-order valence-corrected chi connectivity index (χ1v) is 5.32. The number of aromatic nitrogens is 3. The highest BCUT2D eigenvalue weighted by Gasteiger charge is 2.25. The van der Waals surface area contributed by atoms with E-state index < -0.39 is 22.3 Å². The molecule has 0 amide bonds. The number of nitrogens with zero attached hydrogens (tertiary/aromatic N) is 5. The molecule has 2 aromatic heterocycles. The molecular weight excluding hydrogens is 266 g/mol. The summed E-state index contributed by atoms with van der Waals surface area (Å²) in [5.41, 5.74) is -0.593. The van der Waals surface area contributed by atoms with Gasteiger partial charge < -0.3 is 5.11 Å². The van der Waals surface area contributed by atoms with E-state index in [-0.39, 0.29) is 12.2 Å². The lowest BCUT2D eigenvalue weighted by molar-refractivity contribution is -0.385. The van der Waals surface area contributed by atoms with Gasteiger partial charge in [-0.05, 0) is 6.07 Å². The standard InChI is InChI=1S/C11H7N5O4/c12-4-8-7(2-1-3-13-8)5-15-6-9(16(19)20)10(14-15)11(17)18/h1-3,6H,5H2,(H,17,18). The third kappa shape index (κ3) is 2.44. The summed E-state index contributed by atoms with van der Waals surface area (Å²) < 4.78 is 1.10. The Balaban J connectivity index is 2.40. The van der Waals surface area contributed by atoms with Crippen LogP contribution in [0.25, 0.3) is 0 Å². The van der Waals surface area contributed by atoms with Gasteiger partial charge in [0.2, 0.25) is 5.69 Å². The molecule has 2 rings (SSSR count). The summed E-state index contributed by atoms with van der Waals surface area (Å²) in [4.78, 5) is 24.6. The number of carboxylic acid groups (broad SMARTS) is 1. The molecule has 2 heterocycles. The summed E-state index contributed by atoms with van der Waals surface area (Å²) in [6, 6.07) is 5.09. The van der Waals surface area contributed by atoms with Crippen LogP contribution in [0, 0.1) is 21.4 Å². The second kappa shape index (κ2) is 5.15. The molecule has 0 unspecified atom stereocenters. The highest BCUT2D eigenvalue weighted by atomic mass is 16.6. The van der Waals surface area contributed by atoms with Crippen molar-refractivity contribution in [3.63, 3.8) is 0 Å². The van der Waals surface area contributed by atoms with Gasteiger partial charge in [0.25, 0.3) is 0 Å². The zero-order chi connectivity index (χ0) is 14.7. The summed E-state index contributed by atoms with van der Waals surface area (Å²) in [6.07, 6.45) is 2.45. The van der Waals surface area contributed by atoms with Crippen molar-refractivity contribution in [2.75, 3.05) is 0 Å². The van der Waals surface area contributed by atoms with Gasteiger partial charge in [-0.15, -0.1) is 0 Å². The van der Waals surface area contributed by atoms with Gasteiger partial charge in [-0.25, -0.2) is 9.78 Å². The highest BCUT2D eigenvalue weighted by Crippen LogP contribution is 2.17. The van der Waals surface area contributed by atoms with Crippen LogP contribution < -0.4 is 0 Å². The average Bonchev–Trinajstić information content (AvgIpc) is 2.84. The van der Waals surface area contributed by atoms with Crippen molar-refractivity contribution in [2.24, 2.45) is 0 Å². The summed E-state index contributed by atoms with van der Waals surface area (Å²) >= 11 is 0. The van der Waals surface area contributed by atoms with Crippen LogP contribution in [0.5, 0.6) is 0 Å². The van der Waals surface area contributed by atoms with Crippen LogP contribution in [-0.2, 0) is 6.54 Å². The maximum absolute atomic E-state index is 10.9. The summed E-state index contributed by atoms with van der Waals surface area (Å²) in [7, 11) is 0. The molecule has 0 aliphatic carbocycles. The Morgan fingerprint density at radius 1 is 1.60 bits per heavy atom. The Morgan fingerprint density at radius 3 is 2.90 bits per heavy atom. The molecule has 0 saturated heterocycles. The van der Waals surface area contributed by atoms with Gasteiger partial charge in [-0.2, -0.15) is 10.4 Å². The van der Waals surface area contributed by atoms with E-state index in [4.69, 9.17) is 10.4 Å². The number of carboxylic acids is 1. The lowest BCUT2D eigenvalue weighted by atomic mass is 10.2. The van der Waals surface area contributed by atoms with Crippen molar-refractivity contribution in [2.45, 2.75) is 6.54 Å². The lowest BCUT2D eigenvalue weighted by Crippen LogP contribution is -2.06. The van der Waals surface area contributed by atoms with E-state index in [1.165, 1.54) is 6.20 Å². The smallest absolute Gasteiger partial charge is 0.363 e. The van der Waals surface area contributed by atoms with E-state index in [1.807, 2.05) is 6.07 Å². The number of aromatic carboxylic acids is 1. The highest BCUT2D eigenvalue weighted by molar-refractivity contribution is 5.89. The van der Waals surface area contributed by atoms with Gasteiger partial charge in [-0.1, -0.05) is 6.07 Å². The molecule has 9 heteroatoms. The Bertz CT molecular complexity index is 699. The molecule has 1 N–H and O–H groups in total. The number of rotatable bonds is 4. The van der Waals surface area contributed by atoms with Gasteiger partial charge in [0, 0.05) is 11.8 Å². The minimum Gasteiger partial charge on any atom is -0.476 e. The first-order valence-electron chi connectivity index (χ1n) is 5.32. The first kappa shape index (κ1) is 13.2. The molecule has 9 nitrogen and oxygen atoms in total. The number of pyridine rings is 1. The predicted molar refractivity (Wildman–Crippen MR) is 63.9 cm³/mol. The third-order valence-electron chi connectivity index (χ3n) is 2.47. The minimum atomic E-state index is -1.48. The zero-order valence-electron chi connectivity index (χ0n) is 9.92. The van der Waals surface area contributed by atoms with Crippen LogP contribution in [0.2, 0.25) is 0 Å². The summed E-state index contributed by atoms with van der Waals surface area (Å²) in [5, 5.41) is 32.1. The second-order valence-electron chi connectivity index (χ2n) is 3.75. The molecule has 0 aliphatic rings. The SMILES string of the molecule is N#Cc1ncccc1Cn1cc([N+](=O)[O-])c(C(=O)O)n1. The van der Waals surface area contributed by atoms with E-state index in [0.29, 0.717) is 5.56 Å². The van der Waals surface area contributed by atoms with Crippen molar-refractivity contribution in [3.05, 3.63) is 51.6 Å². The molecule has 0 radical (unpaired) electrons. The van der Waals surface area contributed by atoms with Crippen molar-refractivity contribution < 1.29 is 14.8 Å². The number of carbonyl (C=O) groups is 1. The van der Waals surface area contributed by atoms with Crippen molar-refractivity contribution in [3.8, 4) is 6.07 Å². The maximum Gasteiger partial charge on any atom is 0.363 e. The Kier molecular flexibility index (Phi) is 3.39. The summed E-state index contributed by atoms with van der Waals surface area (Å²) in [5.74, 6) is -1.48. The summed E-state index contributed by atoms with van der Waals surface area (Å²) in [6.45, 7) is 0.0187. The molecule has 0 atom stereocenters.